The topological polar surface area (TPSA) is 107 Å². The summed E-state index contributed by atoms with van der Waals surface area (Å²) in [6.45, 7) is 1.08. The summed E-state index contributed by atoms with van der Waals surface area (Å²) in [6, 6.07) is 5.33. The lowest BCUT2D eigenvalue weighted by atomic mass is 10.2. The van der Waals surface area contributed by atoms with Gasteiger partial charge in [-0.2, -0.15) is 4.98 Å². The molecule has 2 fully saturated rings. The van der Waals surface area contributed by atoms with Crippen molar-refractivity contribution in [2.75, 3.05) is 20.8 Å². The van der Waals surface area contributed by atoms with Gasteiger partial charge in [0.1, 0.15) is 11.5 Å². The number of rotatable bonds is 9. The monoisotopic (exact) mass is 428 g/mol. The number of ether oxygens (including phenoxy) is 2. The number of benzene rings is 1. The highest BCUT2D eigenvalue weighted by atomic mass is 16.5. The first-order chi connectivity index (χ1) is 15.1. The van der Waals surface area contributed by atoms with E-state index < -0.39 is 0 Å². The molecule has 9 heteroatoms. The van der Waals surface area contributed by atoms with Crippen molar-refractivity contribution in [3.8, 4) is 11.5 Å². The average Bonchev–Trinajstić information content (AvgIpc) is 3.34. The van der Waals surface area contributed by atoms with Crippen LogP contribution < -0.4 is 14.8 Å². The van der Waals surface area contributed by atoms with E-state index >= 15 is 0 Å². The lowest BCUT2D eigenvalue weighted by Crippen LogP contribution is -2.32. The molecule has 1 N–H and O–H groups in total. The zero-order chi connectivity index (χ0) is 21.8. The number of nitrogens with one attached hydrogen (secondary N) is 1. The van der Waals surface area contributed by atoms with Gasteiger partial charge in [-0.1, -0.05) is 5.16 Å². The number of carbonyl (C=O) groups is 2. The molecule has 1 aliphatic carbocycles. The van der Waals surface area contributed by atoms with E-state index in [9.17, 15) is 9.59 Å². The van der Waals surface area contributed by atoms with Crippen molar-refractivity contribution in [2.45, 2.75) is 51.1 Å². The highest BCUT2D eigenvalue weighted by Gasteiger charge is 2.40. The lowest BCUT2D eigenvalue weighted by Gasteiger charge is -2.21. The van der Waals surface area contributed by atoms with Crippen molar-refractivity contribution in [2.24, 2.45) is 5.92 Å². The van der Waals surface area contributed by atoms with E-state index in [0.717, 1.165) is 37.8 Å². The molecule has 2 heterocycles. The maximum atomic E-state index is 12.5. The first-order valence-electron chi connectivity index (χ1n) is 10.7. The van der Waals surface area contributed by atoms with Gasteiger partial charge in [-0.15, -0.1) is 0 Å². The molecular weight excluding hydrogens is 400 g/mol. The van der Waals surface area contributed by atoms with Crippen LogP contribution >= 0.6 is 0 Å². The molecule has 2 aliphatic rings. The quantitative estimate of drug-likeness (QED) is 0.654. The number of likely N-dealkylation sites (tertiary alicyclic amines) is 1. The Morgan fingerprint density at radius 1 is 1.23 bits per heavy atom. The lowest BCUT2D eigenvalue weighted by molar-refractivity contribution is -0.133. The van der Waals surface area contributed by atoms with Crippen LogP contribution in [0.1, 0.15) is 55.4 Å². The molecule has 1 saturated carbocycles. The van der Waals surface area contributed by atoms with Gasteiger partial charge >= 0.3 is 0 Å². The zero-order valence-electron chi connectivity index (χ0n) is 17.9. The molecule has 31 heavy (non-hydrogen) atoms. The van der Waals surface area contributed by atoms with E-state index in [1.165, 1.54) is 0 Å². The van der Waals surface area contributed by atoms with E-state index in [1.807, 2.05) is 11.0 Å². The first-order valence-corrected chi connectivity index (χ1v) is 10.7. The maximum absolute atomic E-state index is 12.5. The van der Waals surface area contributed by atoms with Crippen LogP contribution in [0.2, 0.25) is 0 Å². The van der Waals surface area contributed by atoms with Crippen molar-refractivity contribution in [1.82, 2.24) is 20.4 Å². The molecule has 1 aromatic heterocycles. The Labute approximate surface area is 181 Å². The summed E-state index contributed by atoms with van der Waals surface area (Å²) >= 11 is 0. The van der Waals surface area contributed by atoms with Crippen LogP contribution in [0, 0.1) is 5.92 Å². The largest absolute Gasteiger partial charge is 0.497 e. The average molecular weight is 428 g/mol. The minimum atomic E-state index is -0.129. The third kappa shape index (κ3) is 4.98. The Kier molecular flexibility index (Phi) is 6.39. The Morgan fingerprint density at radius 3 is 2.81 bits per heavy atom. The van der Waals surface area contributed by atoms with E-state index in [0.29, 0.717) is 36.2 Å². The molecule has 2 amide bonds. The van der Waals surface area contributed by atoms with Gasteiger partial charge < -0.3 is 24.2 Å². The smallest absolute Gasteiger partial charge is 0.227 e. The van der Waals surface area contributed by atoms with E-state index in [4.69, 9.17) is 14.0 Å². The number of hydrogen-bond donors (Lipinski definition) is 1. The van der Waals surface area contributed by atoms with Crippen molar-refractivity contribution < 1.29 is 23.6 Å². The van der Waals surface area contributed by atoms with Crippen LogP contribution in [-0.4, -0.2) is 47.6 Å². The second-order valence-electron chi connectivity index (χ2n) is 7.96. The number of methoxy groups -OCH3 is 2. The Hall–Kier alpha value is -3.10. The molecule has 2 aromatic rings. The summed E-state index contributed by atoms with van der Waals surface area (Å²) in [4.78, 5) is 31.1. The second kappa shape index (κ2) is 9.36. The third-order valence-corrected chi connectivity index (χ3v) is 5.77. The Balaban J connectivity index is 1.29. The molecule has 1 unspecified atom stereocenters. The van der Waals surface area contributed by atoms with Gasteiger partial charge in [0.2, 0.25) is 17.7 Å². The number of hydrogen-bond acceptors (Lipinski definition) is 7. The second-order valence-corrected chi connectivity index (χ2v) is 7.96. The minimum Gasteiger partial charge on any atom is -0.497 e. The molecule has 1 aliphatic heterocycles. The summed E-state index contributed by atoms with van der Waals surface area (Å²) < 4.78 is 15.9. The Bertz CT molecular complexity index is 940. The van der Waals surface area contributed by atoms with Crippen molar-refractivity contribution in [3.05, 3.63) is 35.5 Å². The Morgan fingerprint density at radius 2 is 2.06 bits per heavy atom. The molecule has 0 radical (unpaired) electrons. The fourth-order valence-corrected chi connectivity index (χ4v) is 3.89. The van der Waals surface area contributed by atoms with Crippen molar-refractivity contribution in [1.29, 1.82) is 0 Å². The van der Waals surface area contributed by atoms with E-state index in [1.54, 1.807) is 26.4 Å². The van der Waals surface area contributed by atoms with Crippen molar-refractivity contribution in [3.63, 3.8) is 0 Å². The third-order valence-electron chi connectivity index (χ3n) is 5.77. The molecule has 166 valence electrons. The maximum Gasteiger partial charge on any atom is 0.227 e. The van der Waals surface area contributed by atoms with Gasteiger partial charge in [-0.3, -0.25) is 9.59 Å². The number of nitrogens with zero attached hydrogens (tertiary/aromatic N) is 3. The predicted molar refractivity (Wildman–Crippen MR) is 110 cm³/mol. The van der Waals surface area contributed by atoms with E-state index in [2.05, 4.69) is 15.5 Å². The zero-order valence-corrected chi connectivity index (χ0v) is 17.9. The fourth-order valence-electron chi connectivity index (χ4n) is 3.89. The van der Waals surface area contributed by atoms with Crippen LogP contribution in [0.25, 0.3) is 0 Å². The summed E-state index contributed by atoms with van der Waals surface area (Å²) in [5, 5.41) is 6.96. The number of carbonyl (C=O) groups excluding carboxylic acids is 2. The molecule has 9 nitrogen and oxygen atoms in total. The molecule has 4 rings (SSSR count). The highest BCUT2D eigenvalue weighted by Crippen LogP contribution is 2.37. The van der Waals surface area contributed by atoms with Crippen LogP contribution in [0.5, 0.6) is 11.5 Å². The normalized spacial score (nSPS) is 18.1. The van der Waals surface area contributed by atoms with Gasteiger partial charge in [0.25, 0.3) is 0 Å². The molecule has 1 saturated heterocycles. The number of amides is 2. The van der Waals surface area contributed by atoms with Crippen LogP contribution in [0.4, 0.5) is 0 Å². The van der Waals surface area contributed by atoms with Gasteiger partial charge in [0.15, 0.2) is 5.82 Å². The minimum absolute atomic E-state index is 0.111. The van der Waals surface area contributed by atoms with Crippen molar-refractivity contribution >= 4 is 11.8 Å². The summed E-state index contributed by atoms with van der Waals surface area (Å²) in [7, 11) is 3.18. The fraction of sp³-hybridized carbons (Fsp3) is 0.545. The molecule has 0 spiro atoms. The van der Waals surface area contributed by atoms with Gasteiger partial charge in [0.05, 0.1) is 20.3 Å². The van der Waals surface area contributed by atoms with Crippen LogP contribution in [0.3, 0.4) is 0 Å². The summed E-state index contributed by atoms with van der Waals surface area (Å²) in [6.07, 6.45) is 4.33. The molecule has 1 aromatic carbocycles. The molecular formula is C22H28N4O5. The number of aryl methyl sites for hydroxylation is 1. The SMILES string of the molecule is COc1ccc(OC)c(CNC(=O)CCc2nc(C3CCCN3C(=O)C3CC3)no2)c1. The van der Waals surface area contributed by atoms with Gasteiger partial charge in [0, 0.05) is 37.4 Å². The van der Waals surface area contributed by atoms with Gasteiger partial charge in [-0.25, -0.2) is 0 Å². The van der Waals surface area contributed by atoms with Crippen LogP contribution in [-0.2, 0) is 22.6 Å². The highest BCUT2D eigenvalue weighted by molar-refractivity contribution is 5.81. The predicted octanol–water partition coefficient (Wildman–Crippen LogP) is 2.41. The summed E-state index contributed by atoms with van der Waals surface area (Å²) in [5.74, 6) is 2.60. The van der Waals surface area contributed by atoms with Gasteiger partial charge in [-0.05, 0) is 43.9 Å². The first kappa shape index (κ1) is 21.1. The summed E-state index contributed by atoms with van der Waals surface area (Å²) in [5.41, 5.74) is 0.830. The standard InChI is InChI=1S/C22H28N4O5/c1-29-16-7-8-18(30-2)15(12-16)13-23-19(27)9-10-20-24-21(25-31-20)17-4-3-11-26(17)22(28)14-5-6-14/h7-8,12,14,17H,3-6,9-11,13H2,1-2H3,(H,23,27). The molecule has 1 atom stereocenters. The van der Waals surface area contributed by atoms with E-state index in [-0.39, 0.29) is 30.2 Å². The van der Waals surface area contributed by atoms with Crippen LogP contribution in [0.15, 0.2) is 22.7 Å². The number of aromatic nitrogens is 2. The molecule has 0 bridgehead atoms.